The Kier molecular flexibility index (Phi) is 4.65. The number of benzene rings is 1. The summed E-state index contributed by atoms with van der Waals surface area (Å²) in [7, 11) is 1.58. The first-order chi connectivity index (χ1) is 7.17. The molecule has 4 heteroatoms. The molecule has 0 fully saturated rings. The van der Waals surface area contributed by atoms with E-state index in [4.69, 9.17) is 14.6 Å². The van der Waals surface area contributed by atoms with Crippen molar-refractivity contribution < 1.29 is 14.6 Å². The number of aliphatic hydroxyl groups excluding tert-OH is 1. The van der Waals surface area contributed by atoms with E-state index in [-0.39, 0.29) is 6.61 Å². The molecule has 1 rings (SSSR count). The zero-order chi connectivity index (χ0) is 11.3. The first-order valence-corrected chi connectivity index (χ1v) is 5.20. The standard InChI is InChI=1S/C11H13BrO3/c1-8(12)7-15-11-4-3-10(14-2)5-9(11)6-13/h3-5,13H,1,6-7H2,2H3. The van der Waals surface area contributed by atoms with Crippen molar-refractivity contribution in [2.75, 3.05) is 13.7 Å². The van der Waals surface area contributed by atoms with Crippen LogP contribution in [0, 0.1) is 0 Å². The molecule has 0 unspecified atom stereocenters. The third-order valence-electron chi connectivity index (χ3n) is 1.82. The van der Waals surface area contributed by atoms with E-state index in [9.17, 15) is 0 Å². The molecule has 0 spiro atoms. The van der Waals surface area contributed by atoms with Crippen molar-refractivity contribution in [2.24, 2.45) is 0 Å². The number of aliphatic hydroxyl groups is 1. The number of rotatable bonds is 5. The molecule has 0 saturated carbocycles. The van der Waals surface area contributed by atoms with Crippen molar-refractivity contribution >= 4 is 15.9 Å². The minimum absolute atomic E-state index is 0.0820. The second-order valence-corrected chi connectivity index (χ2v) is 4.06. The zero-order valence-electron chi connectivity index (χ0n) is 8.50. The van der Waals surface area contributed by atoms with E-state index in [1.807, 2.05) is 0 Å². The second kappa shape index (κ2) is 5.78. The van der Waals surface area contributed by atoms with Gasteiger partial charge < -0.3 is 14.6 Å². The van der Waals surface area contributed by atoms with Crippen LogP contribution >= 0.6 is 15.9 Å². The van der Waals surface area contributed by atoms with Gasteiger partial charge in [-0.1, -0.05) is 22.5 Å². The maximum atomic E-state index is 9.13. The molecular formula is C11H13BrO3. The third-order valence-corrected chi connectivity index (χ3v) is 2.05. The van der Waals surface area contributed by atoms with Gasteiger partial charge in [-0.3, -0.25) is 0 Å². The molecule has 0 aliphatic carbocycles. The molecule has 0 heterocycles. The normalized spacial score (nSPS) is 9.80. The van der Waals surface area contributed by atoms with Crippen LogP contribution in [0.25, 0.3) is 0 Å². The van der Waals surface area contributed by atoms with E-state index >= 15 is 0 Å². The van der Waals surface area contributed by atoms with E-state index in [1.165, 1.54) is 0 Å². The minimum Gasteiger partial charge on any atom is -0.497 e. The summed E-state index contributed by atoms with van der Waals surface area (Å²) in [4.78, 5) is 0. The van der Waals surface area contributed by atoms with Gasteiger partial charge in [0.15, 0.2) is 0 Å². The van der Waals surface area contributed by atoms with Crippen LogP contribution in [0.4, 0.5) is 0 Å². The molecule has 1 aromatic rings. The van der Waals surface area contributed by atoms with Gasteiger partial charge >= 0.3 is 0 Å². The molecule has 15 heavy (non-hydrogen) atoms. The zero-order valence-corrected chi connectivity index (χ0v) is 10.1. The first kappa shape index (κ1) is 12.1. The Bertz CT molecular complexity index is 350. The average molecular weight is 273 g/mol. The van der Waals surface area contributed by atoms with E-state index in [2.05, 4.69) is 22.5 Å². The minimum atomic E-state index is -0.0820. The van der Waals surface area contributed by atoms with E-state index in [1.54, 1.807) is 25.3 Å². The first-order valence-electron chi connectivity index (χ1n) is 4.41. The Morgan fingerprint density at radius 1 is 1.53 bits per heavy atom. The second-order valence-electron chi connectivity index (χ2n) is 2.94. The van der Waals surface area contributed by atoms with Crippen LogP contribution in [0.2, 0.25) is 0 Å². The highest BCUT2D eigenvalue weighted by molar-refractivity contribution is 9.11. The smallest absolute Gasteiger partial charge is 0.125 e. The lowest BCUT2D eigenvalue weighted by atomic mass is 10.2. The number of ether oxygens (including phenoxy) is 2. The summed E-state index contributed by atoms with van der Waals surface area (Å²) < 4.78 is 11.2. The van der Waals surface area contributed by atoms with E-state index in [0.717, 1.165) is 4.48 Å². The van der Waals surface area contributed by atoms with Crippen LogP contribution in [0.1, 0.15) is 5.56 Å². The number of hydrogen-bond acceptors (Lipinski definition) is 3. The van der Waals surface area contributed by atoms with Crippen molar-refractivity contribution in [3.8, 4) is 11.5 Å². The Labute approximate surface area is 97.5 Å². The topological polar surface area (TPSA) is 38.7 Å². The summed E-state index contributed by atoms with van der Waals surface area (Å²) >= 11 is 3.20. The highest BCUT2D eigenvalue weighted by atomic mass is 79.9. The summed E-state index contributed by atoms with van der Waals surface area (Å²) in [6, 6.07) is 5.29. The third kappa shape index (κ3) is 3.57. The Morgan fingerprint density at radius 2 is 2.27 bits per heavy atom. The monoisotopic (exact) mass is 272 g/mol. The van der Waals surface area contributed by atoms with Crippen LogP contribution in [-0.4, -0.2) is 18.8 Å². The van der Waals surface area contributed by atoms with Crippen molar-refractivity contribution in [1.82, 2.24) is 0 Å². The van der Waals surface area contributed by atoms with Gasteiger partial charge in [0.05, 0.1) is 13.7 Å². The number of methoxy groups -OCH3 is 1. The van der Waals surface area contributed by atoms with Crippen molar-refractivity contribution in [2.45, 2.75) is 6.61 Å². The molecular weight excluding hydrogens is 260 g/mol. The van der Waals surface area contributed by atoms with Gasteiger partial charge in [-0.25, -0.2) is 0 Å². The summed E-state index contributed by atoms with van der Waals surface area (Å²) in [5, 5.41) is 9.13. The summed E-state index contributed by atoms with van der Waals surface area (Å²) in [5.41, 5.74) is 0.697. The maximum Gasteiger partial charge on any atom is 0.125 e. The maximum absolute atomic E-state index is 9.13. The quantitative estimate of drug-likeness (QED) is 0.895. The van der Waals surface area contributed by atoms with Gasteiger partial charge in [0.1, 0.15) is 18.1 Å². The van der Waals surface area contributed by atoms with Crippen molar-refractivity contribution in [3.63, 3.8) is 0 Å². The lowest BCUT2D eigenvalue weighted by Gasteiger charge is -2.10. The van der Waals surface area contributed by atoms with Crippen LogP contribution < -0.4 is 9.47 Å². The van der Waals surface area contributed by atoms with Gasteiger partial charge in [-0.05, 0) is 18.2 Å². The van der Waals surface area contributed by atoms with Crippen LogP contribution in [-0.2, 0) is 6.61 Å². The highest BCUT2D eigenvalue weighted by Gasteiger charge is 2.04. The van der Waals surface area contributed by atoms with Gasteiger partial charge in [-0.15, -0.1) is 0 Å². The molecule has 0 aromatic heterocycles. The Balaban J connectivity index is 2.82. The molecule has 0 aliphatic rings. The molecule has 0 bridgehead atoms. The Hall–Kier alpha value is -1.00. The summed E-state index contributed by atoms with van der Waals surface area (Å²) in [5.74, 6) is 1.34. The fraction of sp³-hybridized carbons (Fsp3) is 0.273. The molecule has 3 nitrogen and oxygen atoms in total. The molecule has 0 atom stereocenters. The number of hydrogen-bond donors (Lipinski definition) is 1. The molecule has 82 valence electrons. The van der Waals surface area contributed by atoms with Crippen molar-refractivity contribution in [3.05, 3.63) is 34.8 Å². The summed E-state index contributed by atoms with van der Waals surface area (Å²) in [6.07, 6.45) is 0. The Morgan fingerprint density at radius 3 is 2.80 bits per heavy atom. The highest BCUT2D eigenvalue weighted by Crippen LogP contribution is 2.24. The van der Waals surface area contributed by atoms with Crippen LogP contribution in [0.15, 0.2) is 29.3 Å². The number of halogens is 1. The molecule has 1 aromatic carbocycles. The van der Waals surface area contributed by atoms with Gasteiger partial charge in [-0.2, -0.15) is 0 Å². The van der Waals surface area contributed by atoms with E-state index in [0.29, 0.717) is 23.7 Å². The molecule has 0 aliphatic heterocycles. The molecule has 0 amide bonds. The van der Waals surface area contributed by atoms with Gasteiger partial charge in [0.25, 0.3) is 0 Å². The van der Waals surface area contributed by atoms with Crippen molar-refractivity contribution in [1.29, 1.82) is 0 Å². The average Bonchev–Trinajstić information content (AvgIpc) is 2.25. The molecule has 1 N–H and O–H groups in total. The van der Waals surface area contributed by atoms with Gasteiger partial charge in [0.2, 0.25) is 0 Å². The lowest BCUT2D eigenvalue weighted by Crippen LogP contribution is -2.00. The van der Waals surface area contributed by atoms with Crippen LogP contribution in [0.3, 0.4) is 0 Å². The fourth-order valence-electron chi connectivity index (χ4n) is 1.10. The largest absolute Gasteiger partial charge is 0.497 e. The fourth-order valence-corrected chi connectivity index (χ4v) is 1.22. The predicted octanol–water partition coefficient (Wildman–Crippen LogP) is 2.47. The van der Waals surface area contributed by atoms with E-state index < -0.39 is 0 Å². The summed E-state index contributed by atoms with van der Waals surface area (Å²) in [6.45, 7) is 3.96. The molecule has 0 saturated heterocycles. The lowest BCUT2D eigenvalue weighted by molar-refractivity contribution is 0.268. The van der Waals surface area contributed by atoms with Gasteiger partial charge in [0, 0.05) is 10.0 Å². The van der Waals surface area contributed by atoms with Crippen LogP contribution in [0.5, 0.6) is 11.5 Å². The predicted molar refractivity (Wildman–Crippen MR) is 62.5 cm³/mol. The molecule has 0 radical (unpaired) electrons. The SMILES string of the molecule is C=C(Br)COc1ccc(OC)cc1CO.